The molecule has 232 valence electrons. The van der Waals surface area contributed by atoms with Crippen LogP contribution in [0.2, 0.25) is 0 Å². The van der Waals surface area contributed by atoms with E-state index in [1.54, 1.807) is 7.11 Å². The molecule has 4 aromatic carbocycles. The van der Waals surface area contributed by atoms with E-state index in [4.69, 9.17) is 18.4 Å². The Labute approximate surface area is 267 Å². The average Bonchev–Trinajstić information content (AvgIpc) is 3.72. The Hall–Kier alpha value is -5.54. The van der Waals surface area contributed by atoms with Gasteiger partial charge in [0.05, 0.1) is 12.3 Å². The van der Waals surface area contributed by atoms with Crippen LogP contribution < -0.4 is 10.1 Å². The first-order valence-electron chi connectivity index (χ1n) is 15.1. The van der Waals surface area contributed by atoms with Gasteiger partial charge in [-0.2, -0.15) is 4.98 Å². The largest absolute Gasteiger partial charge is 0.493 e. The maximum atomic E-state index is 13.4. The fourth-order valence-electron chi connectivity index (χ4n) is 5.12. The summed E-state index contributed by atoms with van der Waals surface area (Å²) in [4.78, 5) is 22.6. The van der Waals surface area contributed by atoms with E-state index in [2.05, 4.69) is 20.4 Å². The Morgan fingerprint density at radius 2 is 1.59 bits per heavy atom. The van der Waals surface area contributed by atoms with Gasteiger partial charge in [-0.05, 0) is 48.9 Å². The molecule has 6 aromatic rings. The van der Waals surface area contributed by atoms with Crippen LogP contribution in [0, 0.1) is 6.92 Å². The number of rotatable bonds is 14. The molecule has 0 radical (unpaired) electrons. The molecule has 0 fully saturated rings. The van der Waals surface area contributed by atoms with Crippen LogP contribution in [-0.2, 0) is 24.2 Å². The number of ketones is 1. The second kappa shape index (κ2) is 14.5. The summed E-state index contributed by atoms with van der Waals surface area (Å²) in [5, 5.41) is 7.56. The van der Waals surface area contributed by atoms with Crippen molar-refractivity contribution in [1.82, 2.24) is 15.1 Å². The molecule has 0 bridgehead atoms. The molecule has 0 unspecified atom stereocenters. The number of anilines is 1. The van der Waals surface area contributed by atoms with Gasteiger partial charge in [-0.25, -0.2) is 4.98 Å². The van der Waals surface area contributed by atoms with Crippen LogP contribution in [0.4, 0.5) is 5.69 Å². The quantitative estimate of drug-likeness (QED) is 0.125. The number of carbonyl (C=O) groups excluding carboxylic acids is 1. The SMILES string of the molecule is COCc1noc([C@H](Cc2ccc(OCCc3nc(-c4ccccc4)oc3C)cc2)Nc2ccccc2C(=O)c2ccccc2)n1. The van der Waals surface area contributed by atoms with Crippen molar-refractivity contribution in [3.05, 3.63) is 149 Å². The maximum Gasteiger partial charge on any atom is 0.249 e. The summed E-state index contributed by atoms with van der Waals surface area (Å²) < 4.78 is 22.7. The van der Waals surface area contributed by atoms with E-state index in [-0.39, 0.29) is 12.4 Å². The third-order valence-electron chi connectivity index (χ3n) is 7.48. The first-order chi connectivity index (χ1) is 22.6. The zero-order valence-electron chi connectivity index (χ0n) is 25.7. The predicted octanol–water partition coefficient (Wildman–Crippen LogP) is 7.43. The van der Waals surface area contributed by atoms with Crippen molar-refractivity contribution in [3.63, 3.8) is 0 Å². The van der Waals surface area contributed by atoms with E-state index in [0.29, 0.717) is 53.9 Å². The van der Waals surface area contributed by atoms with Crippen molar-refractivity contribution in [2.45, 2.75) is 32.4 Å². The Morgan fingerprint density at radius 1 is 0.870 bits per heavy atom. The van der Waals surface area contributed by atoms with Gasteiger partial charge in [-0.1, -0.05) is 78.0 Å². The predicted molar refractivity (Wildman–Crippen MR) is 174 cm³/mol. The number of carbonyl (C=O) groups is 1. The number of oxazole rings is 1. The maximum absolute atomic E-state index is 13.4. The topological polar surface area (TPSA) is 113 Å². The molecular weight excluding hydrogens is 580 g/mol. The minimum atomic E-state index is -0.413. The summed E-state index contributed by atoms with van der Waals surface area (Å²) in [5.41, 5.74) is 4.68. The molecule has 1 atom stereocenters. The molecule has 0 saturated carbocycles. The van der Waals surface area contributed by atoms with E-state index in [9.17, 15) is 4.79 Å². The fourth-order valence-corrected chi connectivity index (χ4v) is 5.12. The third kappa shape index (κ3) is 7.39. The van der Waals surface area contributed by atoms with Gasteiger partial charge in [-0.15, -0.1) is 0 Å². The monoisotopic (exact) mass is 614 g/mol. The number of aromatic nitrogens is 3. The average molecular weight is 615 g/mol. The van der Waals surface area contributed by atoms with Gasteiger partial charge in [0.25, 0.3) is 0 Å². The summed E-state index contributed by atoms with van der Waals surface area (Å²) in [6, 6.07) is 34.0. The summed E-state index contributed by atoms with van der Waals surface area (Å²) in [5.74, 6) is 2.91. The molecule has 9 nitrogen and oxygen atoms in total. The number of hydrogen-bond donors (Lipinski definition) is 1. The summed E-state index contributed by atoms with van der Waals surface area (Å²) in [6.45, 7) is 2.61. The molecule has 0 aliphatic rings. The van der Waals surface area contributed by atoms with E-state index < -0.39 is 6.04 Å². The number of para-hydroxylation sites is 1. The molecule has 6 rings (SSSR count). The van der Waals surface area contributed by atoms with Crippen LogP contribution in [0.3, 0.4) is 0 Å². The molecule has 2 aromatic heterocycles. The first kappa shape index (κ1) is 30.5. The van der Waals surface area contributed by atoms with Gasteiger partial charge < -0.3 is 23.7 Å². The number of ether oxygens (including phenoxy) is 2. The van der Waals surface area contributed by atoms with Gasteiger partial charge in [0, 0.05) is 42.3 Å². The lowest BCUT2D eigenvalue weighted by molar-refractivity contribution is 0.103. The van der Waals surface area contributed by atoms with Gasteiger partial charge in [-0.3, -0.25) is 4.79 Å². The molecule has 2 heterocycles. The second-order valence-electron chi connectivity index (χ2n) is 10.8. The minimum Gasteiger partial charge on any atom is -0.493 e. The van der Waals surface area contributed by atoms with Gasteiger partial charge in [0.1, 0.15) is 24.2 Å². The highest BCUT2D eigenvalue weighted by Crippen LogP contribution is 2.28. The Balaban J connectivity index is 1.14. The van der Waals surface area contributed by atoms with Crippen molar-refractivity contribution in [2.24, 2.45) is 0 Å². The highest BCUT2D eigenvalue weighted by Gasteiger charge is 2.23. The molecule has 0 amide bonds. The smallest absolute Gasteiger partial charge is 0.249 e. The fraction of sp³-hybridized carbons (Fsp3) is 0.189. The standard InChI is InChI=1S/C37H34N4O5/c1-25-31(39-36(45-25)28-13-7-4-8-14-28)21-22-44-29-19-17-26(18-20-29)23-33(37-40-34(24-43-2)41-46-37)38-32-16-10-9-15-30(32)35(42)27-11-5-3-6-12-27/h3-20,33,38H,21-24H2,1-2H3/t33-/m0/s1. The highest BCUT2D eigenvalue weighted by molar-refractivity contribution is 6.12. The normalized spacial score (nSPS) is 11.7. The lowest BCUT2D eigenvalue weighted by atomic mass is 10.00. The van der Waals surface area contributed by atoms with Crippen LogP contribution >= 0.6 is 0 Å². The zero-order valence-corrected chi connectivity index (χ0v) is 25.7. The van der Waals surface area contributed by atoms with E-state index in [1.807, 2.05) is 116 Å². The Bertz CT molecular complexity index is 1870. The summed E-state index contributed by atoms with van der Waals surface area (Å²) in [7, 11) is 1.58. The highest BCUT2D eigenvalue weighted by atomic mass is 16.5. The number of benzene rings is 4. The van der Waals surface area contributed by atoms with Crippen LogP contribution in [0.25, 0.3) is 11.5 Å². The number of nitrogens with zero attached hydrogens (tertiary/aromatic N) is 3. The summed E-state index contributed by atoms with van der Waals surface area (Å²) in [6.07, 6.45) is 1.14. The number of nitrogens with one attached hydrogen (secondary N) is 1. The first-order valence-corrected chi connectivity index (χ1v) is 15.1. The number of hydrogen-bond acceptors (Lipinski definition) is 9. The van der Waals surface area contributed by atoms with Gasteiger partial charge in [0.2, 0.25) is 11.8 Å². The van der Waals surface area contributed by atoms with Crippen molar-refractivity contribution >= 4 is 11.5 Å². The van der Waals surface area contributed by atoms with Gasteiger partial charge in [0.15, 0.2) is 11.6 Å². The van der Waals surface area contributed by atoms with Crippen LogP contribution in [0.15, 0.2) is 118 Å². The van der Waals surface area contributed by atoms with Crippen molar-refractivity contribution in [2.75, 3.05) is 19.0 Å². The molecular formula is C37H34N4O5. The lowest BCUT2D eigenvalue weighted by Crippen LogP contribution is -2.17. The zero-order chi connectivity index (χ0) is 31.7. The molecule has 0 spiro atoms. The van der Waals surface area contributed by atoms with Crippen LogP contribution in [0.5, 0.6) is 5.75 Å². The third-order valence-corrected chi connectivity index (χ3v) is 7.48. The van der Waals surface area contributed by atoms with E-state index in [0.717, 1.165) is 28.3 Å². The minimum absolute atomic E-state index is 0.0772. The second-order valence-corrected chi connectivity index (χ2v) is 10.8. The van der Waals surface area contributed by atoms with Crippen molar-refractivity contribution in [3.8, 4) is 17.2 Å². The molecule has 0 aliphatic carbocycles. The van der Waals surface area contributed by atoms with E-state index >= 15 is 0 Å². The summed E-state index contributed by atoms with van der Waals surface area (Å²) >= 11 is 0. The Morgan fingerprint density at radius 3 is 2.35 bits per heavy atom. The number of aryl methyl sites for hydroxylation is 1. The number of methoxy groups -OCH3 is 1. The van der Waals surface area contributed by atoms with Crippen LogP contribution in [0.1, 0.15) is 50.7 Å². The van der Waals surface area contributed by atoms with Gasteiger partial charge >= 0.3 is 0 Å². The molecule has 0 saturated heterocycles. The van der Waals surface area contributed by atoms with Crippen molar-refractivity contribution in [1.29, 1.82) is 0 Å². The van der Waals surface area contributed by atoms with Crippen molar-refractivity contribution < 1.29 is 23.2 Å². The lowest BCUT2D eigenvalue weighted by Gasteiger charge is -2.19. The Kier molecular flexibility index (Phi) is 9.61. The van der Waals surface area contributed by atoms with Crippen LogP contribution in [-0.4, -0.2) is 34.6 Å². The molecule has 46 heavy (non-hydrogen) atoms. The molecule has 0 aliphatic heterocycles. The molecule has 9 heteroatoms. The van der Waals surface area contributed by atoms with E-state index in [1.165, 1.54) is 0 Å². The molecule has 1 N–H and O–H groups in total.